The molecule has 0 saturated heterocycles. The predicted octanol–water partition coefficient (Wildman–Crippen LogP) is 0.700. The van der Waals surface area contributed by atoms with Gasteiger partial charge in [-0.25, -0.2) is 9.59 Å². The Morgan fingerprint density at radius 2 is 1.70 bits per heavy atom. The molecule has 0 aliphatic carbocycles. The van der Waals surface area contributed by atoms with E-state index in [-0.39, 0.29) is 5.91 Å². The van der Waals surface area contributed by atoms with E-state index in [0.717, 1.165) is 6.42 Å². The predicted molar refractivity (Wildman–Crippen MR) is 75.3 cm³/mol. The average Bonchev–Trinajstić information content (AvgIpc) is 2.30. The van der Waals surface area contributed by atoms with Crippen LogP contribution in [-0.4, -0.2) is 41.6 Å². The average molecular weight is 287 g/mol. The Hall–Kier alpha value is -1.79. The summed E-state index contributed by atoms with van der Waals surface area (Å²) in [5.41, 5.74) is -0.628. The maximum Gasteiger partial charge on any atom is 0.326 e. The molecule has 7 heteroatoms. The number of rotatable bonds is 6. The Bertz CT molecular complexity index is 363. The zero-order chi connectivity index (χ0) is 15.9. The van der Waals surface area contributed by atoms with Crippen molar-refractivity contribution in [3.8, 4) is 0 Å². The van der Waals surface area contributed by atoms with E-state index in [1.165, 1.54) is 6.92 Å². The number of carboxylic acids is 1. The molecule has 20 heavy (non-hydrogen) atoms. The lowest BCUT2D eigenvalue weighted by molar-refractivity contribution is -0.141. The van der Waals surface area contributed by atoms with E-state index in [4.69, 9.17) is 5.11 Å². The fraction of sp³-hybridized carbons (Fsp3) is 0.769. The second-order valence-electron chi connectivity index (χ2n) is 5.77. The Labute approximate surface area is 119 Å². The van der Waals surface area contributed by atoms with Crippen LogP contribution < -0.4 is 16.0 Å². The maximum absolute atomic E-state index is 11.7. The van der Waals surface area contributed by atoms with Gasteiger partial charge in [-0.15, -0.1) is 0 Å². The van der Waals surface area contributed by atoms with Crippen molar-refractivity contribution in [2.45, 2.75) is 53.1 Å². The monoisotopic (exact) mass is 287 g/mol. The summed E-state index contributed by atoms with van der Waals surface area (Å²) < 4.78 is 0. The van der Waals surface area contributed by atoms with Crippen molar-refractivity contribution in [3.05, 3.63) is 0 Å². The van der Waals surface area contributed by atoms with Crippen LogP contribution in [0.5, 0.6) is 0 Å². The van der Waals surface area contributed by atoms with Crippen LogP contribution in [-0.2, 0) is 9.59 Å². The third-order valence-electron chi connectivity index (χ3n) is 2.68. The first-order valence-electron chi connectivity index (χ1n) is 6.67. The Morgan fingerprint density at radius 3 is 2.10 bits per heavy atom. The van der Waals surface area contributed by atoms with Gasteiger partial charge in [-0.1, -0.05) is 27.7 Å². The molecule has 7 nitrogen and oxygen atoms in total. The summed E-state index contributed by atoms with van der Waals surface area (Å²) in [6, 6.07) is -2.43. The number of aliphatic carboxylic acids is 1. The van der Waals surface area contributed by atoms with Gasteiger partial charge < -0.3 is 21.1 Å². The van der Waals surface area contributed by atoms with Gasteiger partial charge in [0.25, 0.3) is 0 Å². The highest BCUT2D eigenvalue weighted by Gasteiger charge is 2.33. The molecular formula is C13H25N3O4. The molecule has 0 radical (unpaired) electrons. The van der Waals surface area contributed by atoms with Gasteiger partial charge in [0.15, 0.2) is 0 Å². The number of amides is 3. The first-order valence-corrected chi connectivity index (χ1v) is 6.67. The van der Waals surface area contributed by atoms with Gasteiger partial charge in [0.1, 0.15) is 12.1 Å². The minimum atomic E-state index is -1.12. The number of urea groups is 1. The van der Waals surface area contributed by atoms with Crippen molar-refractivity contribution < 1.29 is 19.5 Å². The number of carboxylic acid groups (broad SMARTS) is 1. The molecule has 0 aliphatic heterocycles. The van der Waals surface area contributed by atoms with Gasteiger partial charge in [0, 0.05) is 6.54 Å². The summed E-state index contributed by atoms with van der Waals surface area (Å²) >= 11 is 0. The van der Waals surface area contributed by atoms with Crippen LogP contribution in [0.2, 0.25) is 0 Å². The van der Waals surface area contributed by atoms with Gasteiger partial charge in [-0.05, 0) is 18.8 Å². The van der Waals surface area contributed by atoms with Crippen molar-refractivity contribution in [2.75, 3.05) is 6.54 Å². The fourth-order valence-corrected chi connectivity index (χ4v) is 1.48. The van der Waals surface area contributed by atoms with E-state index < -0.39 is 29.5 Å². The van der Waals surface area contributed by atoms with E-state index in [0.29, 0.717) is 6.54 Å². The quantitative estimate of drug-likeness (QED) is 0.576. The van der Waals surface area contributed by atoms with Crippen LogP contribution in [0, 0.1) is 5.41 Å². The molecule has 1 unspecified atom stereocenters. The van der Waals surface area contributed by atoms with Crippen LogP contribution in [0.25, 0.3) is 0 Å². The molecule has 0 saturated carbocycles. The molecule has 3 amide bonds. The summed E-state index contributed by atoms with van der Waals surface area (Å²) in [5.74, 6) is -1.42. The fourth-order valence-electron chi connectivity index (χ4n) is 1.48. The highest BCUT2D eigenvalue weighted by Crippen LogP contribution is 2.19. The SMILES string of the molecule is CCCNC(=O)C(C)NC(=O)N[C@H](C(=O)O)C(C)(C)C. The lowest BCUT2D eigenvalue weighted by atomic mass is 9.87. The van der Waals surface area contributed by atoms with Gasteiger partial charge in [-0.2, -0.15) is 0 Å². The molecule has 0 rings (SSSR count). The van der Waals surface area contributed by atoms with E-state index in [1.54, 1.807) is 20.8 Å². The van der Waals surface area contributed by atoms with Gasteiger partial charge in [0.2, 0.25) is 5.91 Å². The Morgan fingerprint density at radius 1 is 1.15 bits per heavy atom. The zero-order valence-corrected chi connectivity index (χ0v) is 12.7. The first kappa shape index (κ1) is 18.2. The van der Waals surface area contributed by atoms with Crippen LogP contribution in [0.15, 0.2) is 0 Å². The Balaban J connectivity index is 4.47. The molecule has 116 valence electrons. The topological polar surface area (TPSA) is 108 Å². The highest BCUT2D eigenvalue weighted by atomic mass is 16.4. The smallest absolute Gasteiger partial charge is 0.326 e. The maximum atomic E-state index is 11.7. The van der Waals surface area contributed by atoms with Gasteiger partial charge in [0.05, 0.1) is 0 Å². The molecule has 0 heterocycles. The second kappa shape index (κ2) is 7.72. The summed E-state index contributed by atoms with van der Waals surface area (Å²) in [5, 5.41) is 16.5. The molecule has 2 atom stereocenters. The minimum Gasteiger partial charge on any atom is -0.480 e. The van der Waals surface area contributed by atoms with Crippen LogP contribution in [0.3, 0.4) is 0 Å². The largest absolute Gasteiger partial charge is 0.480 e. The minimum absolute atomic E-state index is 0.301. The van der Waals surface area contributed by atoms with Crippen LogP contribution in [0.1, 0.15) is 41.0 Å². The van der Waals surface area contributed by atoms with Crippen LogP contribution >= 0.6 is 0 Å². The standard InChI is InChI=1S/C13H25N3O4/c1-6-7-14-10(17)8(2)15-12(20)16-9(11(18)19)13(3,4)5/h8-9H,6-7H2,1-5H3,(H,14,17)(H,18,19)(H2,15,16,20)/t8?,9-/m1/s1. The van der Waals surface area contributed by atoms with Crippen molar-refractivity contribution in [2.24, 2.45) is 5.41 Å². The summed E-state index contributed by atoms with van der Waals surface area (Å²) in [6.07, 6.45) is 0.801. The van der Waals surface area contributed by atoms with Crippen molar-refractivity contribution in [1.82, 2.24) is 16.0 Å². The number of nitrogens with one attached hydrogen (secondary N) is 3. The molecule has 0 bridgehead atoms. The van der Waals surface area contributed by atoms with E-state index in [1.807, 2.05) is 6.92 Å². The number of carbonyl (C=O) groups is 3. The summed E-state index contributed by atoms with van der Waals surface area (Å²) in [7, 11) is 0. The molecule has 0 aromatic heterocycles. The highest BCUT2D eigenvalue weighted by molar-refractivity contribution is 5.88. The number of carbonyl (C=O) groups excluding carboxylic acids is 2. The number of hydrogen-bond acceptors (Lipinski definition) is 3. The molecule has 0 aromatic carbocycles. The van der Waals surface area contributed by atoms with Gasteiger partial charge >= 0.3 is 12.0 Å². The molecule has 0 aromatic rings. The van der Waals surface area contributed by atoms with Crippen molar-refractivity contribution in [1.29, 1.82) is 0 Å². The number of hydrogen-bond donors (Lipinski definition) is 4. The summed E-state index contributed by atoms with van der Waals surface area (Å²) in [4.78, 5) is 34.4. The lowest BCUT2D eigenvalue weighted by Gasteiger charge is -2.28. The Kier molecular flexibility index (Phi) is 7.02. The van der Waals surface area contributed by atoms with E-state index in [2.05, 4.69) is 16.0 Å². The molecule has 0 aliphatic rings. The van der Waals surface area contributed by atoms with Gasteiger partial charge in [-0.3, -0.25) is 4.79 Å². The summed E-state index contributed by atoms with van der Waals surface area (Å²) in [6.45, 7) is 9.13. The van der Waals surface area contributed by atoms with Crippen molar-refractivity contribution in [3.63, 3.8) is 0 Å². The zero-order valence-electron chi connectivity index (χ0n) is 12.7. The molecule has 0 fully saturated rings. The third-order valence-corrected chi connectivity index (χ3v) is 2.68. The molecule has 0 spiro atoms. The lowest BCUT2D eigenvalue weighted by Crippen LogP contribution is -2.55. The second-order valence-corrected chi connectivity index (χ2v) is 5.77. The molecule has 4 N–H and O–H groups in total. The first-order chi connectivity index (χ1) is 9.09. The molecular weight excluding hydrogens is 262 g/mol. The van der Waals surface area contributed by atoms with E-state index in [9.17, 15) is 14.4 Å². The van der Waals surface area contributed by atoms with Crippen molar-refractivity contribution >= 4 is 17.9 Å². The van der Waals surface area contributed by atoms with Crippen LogP contribution in [0.4, 0.5) is 4.79 Å². The third kappa shape index (κ3) is 6.40. The normalized spacial score (nSPS) is 14.1. The van der Waals surface area contributed by atoms with E-state index >= 15 is 0 Å².